The lowest BCUT2D eigenvalue weighted by atomic mass is 9.93. The maximum Gasteiger partial charge on any atom is 0.126 e. The van der Waals surface area contributed by atoms with Crippen molar-refractivity contribution < 1.29 is 9.84 Å². The van der Waals surface area contributed by atoms with Crippen LogP contribution in [0.4, 0.5) is 0 Å². The molecule has 0 saturated carbocycles. The van der Waals surface area contributed by atoms with Crippen molar-refractivity contribution in [2.75, 3.05) is 6.61 Å². The maximum absolute atomic E-state index is 10.2. The van der Waals surface area contributed by atoms with Gasteiger partial charge in [-0.15, -0.1) is 0 Å². The Balaban J connectivity index is 2.91. The largest absolute Gasteiger partial charge is 0.490 e. The lowest BCUT2D eigenvalue weighted by Gasteiger charge is -2.28. The molecule has 4 heteroatoms. The number of hydrogen-bond donors (Lipinski definition) is 2. The standard InChI is InChI=1S/C14H22BrNO2/c1-9(2)14(4,17)8-18-13-10(3)5-12(15)6-11(13)7-16/h5-6,9,17H,7-8,16H2,1-4H3. The first-order chi connectivity index (χ1) is 8.27. The van der Waals surface area contributed by atoms with Crippen LogP contribution < -0.4 is 10.5 Å². The fourth-order valence-electron chi connectivity index (χ4n) is 1.54. The molecule has 1 rings (SSSR count). The van der Waals surface area contributed by atoms with Gasteiger partial charge in [0, 0.05) is 16.6 Å². The highest BCUT2D eigenvalue weighted by molar-refractivity contribution is 9.10. The average Bonchev–Trinajstić information content (AvgIpc) is 2.26. The topological polar surface area (TPSA) is 55.5 Å². The van der Waals surface area contributed by atoms with Gasteiger partial charge in [-0.05, 0) is 37.5 Å². The molecule has 0 aromatic heterocycles. The summed E-state index contributed by atoms with van der Waals surface area (Å²) in [5, 5.41) is 10.2. The minimum Gasteiger partial charge on any atom is -0.490 e. The second kappa shape index (κ2) is 6.04. The zero-order valence-corrected chi connectivity index (χ0v) is 13.0. The maximum atomic E-state index is 10.2. The van der Waals surface area contributed by atoms with E-state index in [-0.39, 0.29) is 12.5 Å². The Morgan fingerprint density at radius 1 is 1.44 bits per heavy atom. The van der Waals surface area contributed by atoms with Crippen molar-refractivity contribution in [3.8, 4) is 5.75 Å². The van der Waals surface area contributed by atoms with E-state index in [9.17, 15) is 5.11 Å². The number of halogens is 1. The molecule has 0 aliphatic rings. The molecule has 0 aliphatic carbocycles. The third kappa shape index (κ3) is 3.70. The molecule has 3 nitrogen and oxygen atoms in total. The normalized spacial score (nSPS) is 14.7. The highest BCUT2D eigenvalue weighted by Crippen LogP contribution is 2.29. The van der Waals surface area contributed by atoms with Gasteiger partial charge in [0.15, 0.2) is 0 Å². The minimum atomic E-state index is -0.842. The van der Waals surface area contributed by atoms with E-state index in [1.54, 1.807) is 6.92 Å². The van der Waals surface area contributed by atoms with Crippen LogP contribution in [0.25, 0.3) is 0 Å². The van der Waals surface area contributed by atoms with Crippen LogP contribution in [0.2, 0.25) is 0 Å². The summed E-state index contributed by atoms with van der Waals surface area (Å²) in [4.78, 5) is 0. The van der Waals surface area contributed by atoms with Gasteiger partial charge < -0.3 is 15.6 Å². The van der Waals surface area contributed by atoms with Crippen LogP contribution in [-0.2, 0) is 6.54 Å². The van der Waals surface area contributed by atoms with Gasteiger partial charge in [-0.2, -0.15) is 0 Å². The molecule has 0 saturated heterocycles. The first-order valence-electron chi connectivity index (χ1n) is 6.12. The molecular formula is C14H22BrNO2. The van der Waals surface area contributed by atoms with Gasteiger partial charge in [0.2, 0.25) is 0 Å². The van der Waals surface area contributed by atoms with E-state index in [4.69, 9.17) is 10.5 Å². The molecule has 0 amide bonds. The molecular weight excluding hydrogens is 294 g/mol. The van der Waals surface area contributed by atoms with Crippen LogP contribution in [0.1, 0.15) is 31.9 Å². The third-order valence-electron chi connectivity index (χ3n) is 3.29. The van der Waals surface area contributed by atoms with Crippen LogP contribution >= 0.6 is 15.9 Å². The molecule has 0 spiro atoms. The van der Waals surface area contributed by atoms with Gasteiger partial charge in [0.05, 0.1) is 5.60 Å². The monoisotopic (exact) mass is 315 g/mol. The number of ether oxygens (including phenoxy) is 1. The lowest BCUT2D eigenvalue weighted by molar-refractivity contribution is -0.0270. The Kier molecular flexibility index (Phi) is 5.20. The molecule has 1 aromatic rings. The number of aryl methyl sites for hydroxylation is 1. The number of aliphatic hydroxyl groups is 1. The predicted molar refractivity (Wildman–Crippen MR) is 77.7 cm³/mol. The molecule has 0 fully saturated rings. The van der Waals surface area contributed by atoms with Crippen molar-refractivity contribution >= 4 is 15.9 Å². The Bertz CT molecular complexity index is 417. The van der Waals surface area contributed by atoms with E-state index in [1.165, 1.54) is 0 Å². The van der Waals surface area contributed by atoms with E-state index in [2.05, 4.69) is 15.9 Å². The van der Waals surface area contributed by atoms with Crippen LogP contribution in [0.15, 0.2) is 16.6 Å². The molecule has 0 aliphatic heterocycles. The number of nitrogens with two attached hydrogens (primary N) is 1. The van der Waals surface area contributed by atoms with Gasteiger partial charge in [-0.25, -0.2) is 0 Å². The van der Waals surface area contributed by atoms with Gasteiger partial charge in [-0.1, -0.05) is 29.8 Å². The predicted octanol–water partition coefficient (Wildman–Crippen LogP) is 3.00. The summed E-state index contributed by atoms with van der Waals surface area (Å²) in [5.41, 5.74) is 6.85. The molecule has 1 aromatic carbocycles. The zero-order valence-electron chi connectivity index (χ0n) is 11.5. The zero-order chi connectivity index (χ0) is 13.9. The Morgan fingerprint density at radius 2 is 2.06 bits per heavy atom. The number of benzene rings is 1. The van der Waals surface area contributed by atoms with Crippen LogP contribution in [0, 0.1) is 12.8 Å². The second-order valence-electron chi connectivity index (χ2n) is 5.22. The fourth-order valence-corrected chi connectivity index (χ4v) is 2.16. The highest BCUT2D eigenvalue weighted by Gasteiger charge is 2.26. The summed E-state index contributed by atoms with van der Waals surface area (Å²) in [6.07, 6.45) is 0. The molecule has 1 unspecified atom stereocenters. The van der Waals surface area contributed by atoms with Crippen molar-refractivity contribution in [2.24, 2.45) is 11.7 Å². The molecule has 0 bridgehead atoms. The second-order valence-corrected chi connectivity index (χ2v) is 6.13. The minimum absolute atomic E-state index is 0.134. The fraction of sp³-hybridized carbons (Fsp3) is 0.571. The van der Waals surface area contributed by atoms with Crippen molar-refractivity contribution in [2.45, 2.75) is 39.8 Å². The third-order valence-corrected chi connectivity index (χ3v) is 3.75. The van der Waals surface area contributed by atoms with Crippen molar-refractivity contribution in [3.05, 3.63) is 27.7 Å². The summed E-state index contributed by atoms with van der Waals surface area (Å²) < 4.78 is 6.78. The number of rotatable bonds is 5. The number of hydrogen-bond acceptors (Lipinski definition) is 3. The van der Waals surface area contributed by atoms with Crippen molar-refractivity contribution in [1.82, 2.24) is 0 Å². The molecule has 0 radical (unpaired) electrons. The van der Waals surface area contributed by atoms with Gasteiger partial charge in [0.1, 0.15) is 12.4 Å². The van der Waals surface area contributed by atoms with E-state index in [0.717, 1.165) is 21.3 Å². The summed E-state index contributed by atoms with van der Waals surface area (Å²) in [5.74, 6) is 0.913. The van der Waals surface area contributed by atoms with Gasteiger partial charge in [-0.3, -0.25) is 0 Å². The van der Waals surface area contributed by atoms with Gasteiger partial charge in [0.25, 0.3) is 0 Å². The molecule has 0 heterocycles. The summed E-state index contributed by atoms with van der Waals surface area (Å²) in [6.45, 7) is 8.39. The highest BCUT2D eigenvalue weighted by atomic mass is 79.9. The molecule has 3 N–H and O–H groups in total. The molecule has 18 heavy (non-hydrogen) atoms. The Morgan fingerprint density at radius 3 is 2.56 bits per heavy atom. The van der Waals surface area contributed by atoms with E-state index < -0.39 is 5.60 Å². The summed E-state index contributed by atoms with van der Waals surface area (Å²) in [6, 6.07) is 3.94. The van der Waals surface area contributed by atoms with E-state index in [0.29, 0.717) is 6.54 Å². The van der Waals surface area contributed by atoms with Crippen molar-refractivity contribution in [1.29, 1.82) is 0 Å². The SMILES string of the molecule is Cc1cc(Br)cc(CN)c1OCC(C)(O)C(C)C. The first-order valence-corrected chi connectivity index (χ1v) is 6.91. The van der Waals surface area contributed by atoms with E-state index >= 15 is 0 Å². The first kappa shape index (κ1) is 15.5. The van der Waals surface area contributed by atoms with Gasteiger partial charge >= 0.3 is 0 Å². The van der Waals surface area contributed by atoms with E-state index in [1.807, 2.05) is 32.9 Å². The Hall–Kier alpha value is -0.580. The summed E-state index contributed by atoms with van der Waals surface area (Å²) in [7, 11) is 0. The smallest absolute Gasteiger partial charge is 0.126 e. The molecule has 1 atom stereocenters. The molecule has 102 valence electrons. The lowest BCUT2D eigenvalue weighted by Crippen LogP contribution is -2.38. The van der Waals surface area contributed by atoms with Crippen molar-refractivity contribution in [3.63, 3.8) is 0 Å². The van der Waals surface area contributed by atoms with Crippen LogP contribution in [0.5, 0.6) is 5.75 Å². The van der Waals surface area contributed by atoms with Crippen LogP contribution in [-0.4, -0.2) is 17.3 Å². The summed E-state index contributed by atoms with van der Waals surface area (Å²) >= 11 is 3.44. The quantitative estimate of drug-likeness (QED) is 0.878. The Labute approximate surface area is 117 Å². The average molecular weight is 316 g/mol. The van der Waals surface area contributed by atoms with Crippen LogP contribution in [0.3, 0.4) is 0 Å².